The standard InChI is InChI=1S/C11H24N2O3/c12-7-3-1-4-8-15-9-5-2-6-10-16-11(13)14/h1-10,12H2,(H2,13,14). The number of rotatable bonds is 11. The minimum Gasteiger partial charge on any atom is -0.450 e. The SMILES string of the molecule is NCCCCCOCCCCCOC(N)=O. The molecule has 0 atom stereocenters. The van der Waals surface area contributed by atoms with E-state index in [4.69, 9.17) is 16.2 Å². The maximum Gasteiger partial charge on any atom is 0.404 e. The molecule has 0 spiro atoms. The number of carbonyl (C=O) groups excluding carboxylic acids is 1. The average molecular weight is 232 g/mol. The fraction of sp³-hybridized carbons (Fsp3) is 0.909. The number of hydrogen-bond donors (Lipinski definition) is 2. The lowest BCUT2D eigenvalue weighted by molar-refractivity contribution is 0.122. The molecule has 0 unspecified atom stereocenters. The summed E-state index contributed by atoms with van der Waals surface area (Å²) in [6, 6.07) is 0. The van der Waals surface area contributed by atoms with Crippen LogP contribution < -0.4 is 11.5 Å². The highest BCUT2D eigenvalue weighted by molar-refractivity contribution is 5.64. The molecule has 0 rings (SSSR count). The second kappa shape index (κ2) is 12.3. The van der Waals surface area contributed by atoms with Gasteiger partial charge < -0.3 is 20.9 Å². The largest absolute Gasteiger partial charge is 0.450 e. The molecule has 0 aromatic rings. The van der Waals surface area contributed by atoms with E-state index in [-0.39, 0.29) is 0 Å². The van der Waals surface area contributed by atoms with Gasteiger partial charge in [-0.15, -0.1) is 0 Å². The first kappa shape index (κ1) is 15.2. The summed E-state index contributed by atoms with van der Waals surface area (Å²) < 4.78 is 10.0. The molecule has 0 saturated carbocycles. The van der Waals surface area contributed by atoms with Crippen LogP contribution in [0.25, 0.3) is 0 Å². The van der Waals surface area contributed by atoms with Gasteiger partial charge in [-0.25, -0.2) is 4.79 Å². The van der Waals surface area contributed by atoms with E-state index in [1.165, 1.54) is 0 Å². The number of unbranched alkanes of at least 4 members (excludes halogenated alkanes) is 4. The minimum absolute atomic E-state index is 0.409. The van der Waals surface area contributed by atoms with Crippen molar-refractivity contribution in [3.63, 3.8) is 0 Å². The molecule has 96 valence electrons. The van der Waals surface area contributed by atoms with Crippen molar-refractivity contribution in [1.29, 1.82) is 0 Å². The zero-order valence-corrected chi connectivity index (χ0v) is 9.95. The first-order valence-corrected chi connectivity index (χ1v) is 5.97. The Hall–Kier alpha value is -0.810. The summed E-state index contributed by atoms with van der Waals surface area (Å²) in [6.07, 6.45) is 5.45. The number of carbonyl (C=O) groups is 1. The zero-order valence-electron chi connectivity index (χ0n) is 9.95. The van der Waals surface area contributed by atoms with E-state index in [1.54, 1.807) is 0 Å². The van der Waals surface area contributed by atoms with E-state index in [0.717, 1.165) is 58.3 Å². The molecule has 0 heterocycles. The number of amides is 1. The topological polar surface area (TPSA) is 87.6 Å². The maximum absolute atomic E-state index is 10.2. The van der Waals surface area contributed by atoms with Gasteiger partial charge in [-0.3, -0.25) is 0 Å². The Kier molecular flexibility index (Phi) is 11.6. The lowest BCUT2D eigenvalue weighted by atomic mass is 10.2. The number of ether oxygens (including phenoxy) is 2. The normalized spacial score (nSPS) is 10.3. The van der Waals surface area contributed by atoms with E-state index in [9.17, 15) is 4.79 Å². The van der Waals surface area contributed by atoms with Gasteiger partial charge in [-0.1, -0.05) is 0 Å². The molecule has 5 heteroatoms. The van der Waals surface area contributed by atoms with Crippen molar-refractivity contribution in [3.8, 4) is 0 Å². The summed E-state index contributed by atoms with van der Waals surface area (Å²) in [5.74, 6) is 0. The van der Waals surface area contributed by atoms with Crippen LogP contribution in [0.2, 0.25) is 0 Å². The van der Waals surface area contributed by atoms with E-state index in [2.05, 4.69) is 4.74 Å². The predicted octanol–water partition coefficient (Wildman–Crippen LogP) is 1.40. The van der Waals surface area contributed by atoms with E-state index < -0.39 is 6.09 Å². The lowest BCUT2D eigenvalue weighted by Gasteiger charge is -2.04. The monoisotopic (exact) mass is 232 g/mol. The van der Waals surface area contributed by atoms with E-state index in [0.29, 0.717) is 6.61 Å². The molecule has 0 fully saturated rings. The van der Waals surface area contributed by atoms with Crippen molar-refractivity contribution >= 4 is 6.09 Å². The van der Waals surface area contributed by atoms with Crippen LogP contribution >= 0.6 is 0 Å². The van der Waals surface area contributed by atoms with Gasteiger partial charge in [0.25, 0.3) is 0 Å². The van der Waals surface area contributed by atoms with Crippen molar-refractivity contribution in [2.75, 3.05) is 26.4 Å². The van der Waals surface area contributed by atoms with Crippen LogP contribution in [-0.2, 0) is 9.47 Å². The molecule has 0 aromatic carbocycles. The van der Waals surface area contributed by atoms with Crippen LogP contribution in [0.3, 0.4) is 0 Å². The molecule has 0 bridgehead atoms. The first-order valence-electron chi connectivity index (χ1n) is 5.97. The molecular formula is C11H24N2O3. The molecule has 4 N–H and O–H groups in total. The predicted molar refractivity (Wildman–Crippen MR) is 63.1 cm³/mol. The highest BCUT2D eigenvalue weighted by atomic mass is 16.5. The Balaban J connectivity index is 2.90. The van der Waals surface area contributed by atoms with Crippen molar-refractivity contribution in [2.45, 2.75) is 38.5 Å². The van der Waals surface area contributed by atoms with Crippen LogP contribution in [0.4, 0.5) is 4.79 Å². The van der Waals surface area contributed by atoms with Gasteiger partial charge in [0, 0.05) is 13.2 Å². The summed E-state index contributed by atoms with van der Waals surface area (Å²) in [5, 5.41) is 0. The highest BCUT2D eigenvalue weighted by Gasteiger charge is 1.94. The van der Waals surface area contributed by atoms with E-state index >= 15 is 0 Å². The Labute approximate surface area is 97.5 Å². The fourth-order valence-electron chi connectivity index (χ4n) is 1.28. The molecule has 0 aliphatic carbocycles. The zero-order chi connectivity index (χ0) is 12.1. The first-order chi connectivity index (χ1) is 7.77. The summed E-state index contributed by atoms with van der Waals surface area (Å²) in [4.78, 5) is 10.2. The minimum atomic E-state index is -0.698. The van der Waals surface area contributed by atoms with Gasteiger partial charge in [-0.2, -0.15) is 0 Å². The Morgan fingerprint density at radius 2 is 1.44 bits per heavy atom. The Morgan fingerprint density at radius 1 is 0.875 bits per heavy atom. The van der Waals surface area contributed by atoms with Gasteiger partial charge in [0.05, 0.1) is 6.61 Å². The summed E-state index contributed by atoms with van der Waals surface area (Å²) in [5.41, 5.74) is 10.2. The van der Waals surface area contributed by atoms with Crippen molar-refractivity contribution in [3.05, 3.63) is 0 Å². The smallest absolute Gasteiger partial charge is 0.404 e. The van der Waals surface area contributed by atoms with Gasteiger partial charge in [0.15, 0.2) is 0 Å². The average Bonchev–Trinajstić information content (AvgIpc) is 2.25. The van der Waals surface area contributed by atoms with Crippen molar-refractivity contribution < 1.29 is 14.3 Å². The van der Waals surface area contributed by atoms with Gasteiger partial charge >= 0.3 is 6.09 Å². The third-order valence-electron chi connectivity index (χ3n) is 2.17. The fourth-order valence-corrected chi connectivity index (χ4v) is 1.28. The molecule has 1 amide bonds. The third-order valence-corrected chi connectivity index (χ3v) is 2.17. The highest BCUT2D eigenvalue weighted by Crippen LogP contribution is 1.99. The molecule has 0 aromatic heterocycles. The quantitative estimate of drug-likeness (QED) is 0.527. The lowest BCUT2D eigenvalue weighted by Crippen LogP contribution is -2.13. The molecular weight excluding hydrogens is 208 g/mol. The van der Waals surface area contributed by atoms with E-state index in [1.807, 2.05) is 0 Å². The molecule has 16 heavy (non-hydrogen) atoms. The van der Waals surface area contributed by atoms with Crippen molar-refractivity contribution in [1.82, 2.24) is 0 Å². The van der Waals surface area contributed by atoms with Crippen LogP contribution in [0.5, 0.6) is 0 Å². The molecule has 0 radical (unpaired) electrons. The van der Waals surface area contributed by atoms with Gasteiger partial charge in [-0.05, 0) is 45.1 Å². The Bertz CT molecular complexity index is 165. The molecule has 0 aliphatic rings. The van der Waals surface area contributed by atoms with Crippen LogP contribution in [0.15, 0.2) is 0 Å². The number of primary amides is 1. The van der Waals surface area contributed by atoms with Crippen LogP contribution in [0, 0.1) is 0 Å². The number of nitrogens with two attached hydrogens (primary N) is 2. The van der Waals surface area contributed by atoms with Gasteiger partial charge in [0.2, 0.25) is 0 Å². The van der Waals surface area contributed by atoms with Crippen molar-refractivity contribution in [2.24, 2.45) is 11.5 Å². The molecule has 0 saturated heterocycles. The van der Waals surface area contributed by atoms with Crippen LogP contribution in [-0.4, -0.2) is 32.5 Å². The van der Waals surface area contributed by atoms with Crippen LogP contribution in [0.1, 0.15) is 38.5 Å². The Morgan fingerprint density at radius 3 is 2.00 bits per heavy atom. The number of hydrogen-bond acceptors (Lipinski definition) is 4. The maximum atomic E-state index is 10.2. The summed E-state index contributed by atoms with van der Waals surface area (Å²) >= 11 is 0. The second-order valence-corrected chi connectivity index (χ2v) is 3.69. The molecule has 5 nitrogen and oxygen atoms in total. The summed E-state index contributed by atoms with van der Waals surface area (Å²) in [6.45, 7) is 2.77. The summed E-state index contributed by atoms with van der Waals surface area (Å²) in [7, 11) is 0. The third kappa shape index (κ3) is 13.2. The van der Waals surface area contributed by atoms with Gasteiger partial charge in [0.1, 0.15) is 0 Å². The molecule has 0 aliphatic heterocycles. The second-order valence-electron chi connectivity index (χ2n) is 3.69.